The zero-order chi connectivity index (χ0) is 17.9. The number of carbonyl (C=O) groups excluding carboxylic acids is 2. The molecule has 0 spiro atoms. The lowest BCUT2D eigenvalue weighted by molar-refractivity contribution is -0.605. The highest BCUT2D eigenvalue weighted by molar-refractivity contribution is 5.97. The van der Waals surface area contributed by atoms with Crippen LogP contribution in [0.2, 0.25) is 0 Å². The quantitative estimate of drug-likeness (QED) is 0.399. The largest absolute Gasteiger partial charge is 0.619 e. The second-order valence-electron chi connectivity index (χ2n) is 4.71. The summed E-state index contributed by atoms with van der Waals surface area (Å²) in [6.07, 6.45) is 0.792. The maximum absolute atomic E-state index is 13.5. The van der Waals surface area contributed by atoms with E-state index in [9.17, 15) is 28.0 Å². The van der Waals surface area contributed by atoms with Crippen LogP contribution in [0.15, 0.2) is 36.7 Å². The third-order valence-corrected chi connectivity index (χ3v) is 2.98. The number of aromatic nitrogens is 1. The summed E-state index contributed by atoms with van der Waals surface area (Å²) in [5.41, 5.74) is -0.560. The van der Waals surface area contributed by atoms with Crippen LogP contribution in [0.5, 0.6) is 0 Å². The molecule has 1 amide bonds. The van der Waals surface area contributed by atoms with Crippen molar-refractivity contribution in [3.05, 3.63) is 64.9 Å². The molecule has 1 N–H and O–H groups in total. The van der Waals surface area contributed by atoms with Gasteiger partial charge in [-0.3, -0.25) is 4.79 Å². The summed E-state index contributed by atoms with van der Waals surface area (Å²) >= 11 is 0. The Bertz CT molecular complexity index is 781. The van der Waals surface area contributed by atoms with E-state index in [4.69, 9.17) is 4.74 Å². The monoisotopic (exact) mass is 340 g/mol. The van der Waals surface area contributed by atoms with Crippen LogP contribution in [0.3, 0.4) is 0 Å². The minimum atomic E-state index is -1.73. The summed E-state index contributed by atoms with van der Waals surface area (Å²) < 4.78 is 44.7. The molecule has 0 fully saturated rings. The second-order valence-corrected chi connectivity index (χ2v) is 4.71. The number of nitrogens with one attached hydrogen (secondary N) is 1. The molecule has 0 saturated carbocycles. The van der Waals surface area contributed by atoms with Gasteiger partial charge in [0, 0.05) is 12.1 Å². The van der Waals surface area contributed by atoms with Gasteiger partial charge in [-0.2, -0.15) is 4.73 Å². The van der Waals surface area contributed by atoms with Gasteiger partial charge < -0.3 is 15.3 Å². The maximum atomic E-state index is 13.5. The van der Waals surface area contributed by atoms with Crippen molar-refractivity contribution in [2.45, 2.75) is 13.0 Å². The number of carbonyl (C=O) groups is 2. The summed E-state index contributed by atoms with van der Waals surface area (Å²) in [7, 11) is 0. The highest BCUT2D eigenvalue weighted by Gasteiger charge is 2.22. The average Bonchev–Trinajstić information content (AvgIpc) is 2.55. The minimum absolute atomic E-state index is 0.0285. The maximum Gasteiger partial charge on any atom is 0.339 e. The summed E-state index contributed by atoms with van der Waals surface area (Å²) in [6.45, 7) is 1.21. The summed E-state index contributed by atoms with van der Waals surface area (Å²) in [5, 5.41) is 12.9. The Hall–Kier alpha value is -3.10. The van der Waals surface area contributed by atoms with Crippen LogP contribution in [0, 0.1) is 22.7 Å². The van der Waals surface area contributed by atoms with Crippen molar-refractivity contribution in [2.75, 3.05) is 5.32 Å². The van der Waals surface area contributed by atoms with Crippen LogP contribution in [0.1, 0.15) is 17.3 Å². The van der Waals surface area contributed by atoms with Crippen LogP contribution in [0.4, 0.5) is 18.9 Å². The fourth-order valence-electron chi connectivity index (χ4n) is 1.69. The van der Waals surface area contributed by atoms with E-state index < -0.39 is 41.1 Å². The molecule has 2 rings (SSSR count). The first kappa shape index (κ1) is 17.3. The van der Waals surface area contributed by atoms with E-state index in [0.717, 1.165) is 18.5 Å². The van der Waals surface area contributed by atoms with Crippen LogP contribution < -0.4 is 10.0 Å². The van der Waals surface area contributed by atoms with Crippen LogP contribution in [-0.4, -0.2) is 18.0 Å². The zero-order valence-corrected chi connectivity index (χ0v) is 12.3. The molecule has 0 unspecified atom stereocenters. The zero-order valence-electron chi connectivity index (χ0n) is 12.3. The molecular formula is C15H11F3N2O4. The van der Waals surface area contributed by atoms with Gasteiger partial charge in [-0.15, -0.1) is 0 Å². The summed E-state index contributed by atoms with van der Waals surface area (Å²) in [5.74, 6) is -6.52. The van der Waals surface area contributed by atoms with Crippen molar-refractivity contribution in [1.82, 2.24) is 0 Å². The number of pyridine rings is 1. The van der Waals surface area contributed by atoms with Crippen LogP contribution >= 0.6 is 0 Å². The van der Waals surface area contributed by atoms with Gasteiger partial charge in [0.2, 0.25) is 0 Å². The van der Waals surface area contributed by atoms with Gasteiger partial charge in [-0.1, -0.05) is 0 Å². The summed E-state index contributed by atoms with van der Waals surface area (Å²) in [4.78, 5) is 23.6. The number of anilines is 1. The van der Waals surface area contributed by atoms with Crippen LogP contribution in [-0.2, 0) is 9.53 Å². The van der Waals surface area contributed by atoms with Crippen molar-refractivity contribution >= 4 is 17.6 Å². The molecule has 0 aliphatic carbocycles. The Morgan fingerprint density at radius 3 is 2.38 bits per heavy atom. The number of benzene rings is 1. The second kappa shape index (κ2) is 6.99. The van der Waals surface area contributed by atoms with Gasteiger partial charge in [0.05, 0.1) is 11.3 Å². The van der Waals surface area contributed by atoms with Crippen molar-refractivity contribution in [1.29, 1.82) is 0 Å². The molecule has 0 aliphatic heterocycles. The fraction of sp³-hybridized carbons (Fsp3) is 0.133. The Balaban J connectivity index is 2.03. The first-order chi connectivity index (χ1) is 11.3. The van der Waals surface area contributed by atoms with E-state index in [1.54, 1.807) is 0 Å². The Morgan fingerprint density at radius 2 is 1.75 bits per heavy atom. The molecule has 0 aliphatic rings. The van der Waals surface area contributed by atoms with E-state index in [1.165, 1.54) is 19.1 Å². The minimum Gasteiger partial charge on any atom is -0.619 e. The molecule has 1 aromatic carbocycles. The molecule has 6 nitrogen and oxygen atoms in total. The first-order valence-electron chi connectivity index (χ1n) is 6.63. The van der Waals surface area contributed by atoms with Gasteiger partial charge in [0.1, 0.15) is 0 Å². The number of amides is 1. The van der Waals surface area contributed by atoms with E-state index >= 15 is 0 Å². The normalized spacial score (nSPS) is 11.7. The molecule has 24 heavy (non-hydrogen) atoms. The standard InChI is InChI=1S/C15H11F3N2O4/c1-8(24-15(22)9-4-6-20(23)7-5-9)14(21)19-11-3-2-10(16)12(17)13(11)18/h2-8H,1H3,(H,19,21)/t8-/m0/s1. The van der Waals surface area contributed by atoms with Gasteiger partial charge in [-0.25, -0.2) is 18.0 Å². The molecule has 0 bridgehead atoms. The fourth-order valence-corrected chi connectivity index (χ4v) is 1.69. The smallest absolute Gasteiger partial charge is 0.339 e. The van der Waals surface area contributed by atoms with E-state index in [-0.39, 0.29) is 5.56 Å². The molecule has 0 radical (unpaired) electrons. The number of hydrogen-bond donors (Lipinski definition) is 1. The van der Waals surface area contributed by atoms with Crippen molar-refractivity contribution in [3.8, 4) is 0 Å². The molecule has 0 saturated heterocycles. The lowest BCUT2D eigenvalue weighted by Crippen LogP contribution is -2.31. The molecule has 9 heteroatoms. The van der Waals surface area contributed by atoms with Crippen molar-refractivity contribution < 1.29 is 32.2 Å². The summed E-state index contributed by atoms with van der Waals surface area (Å²) in [6, 6.07) is 3.86. The number of nitrogens with zero attached hydrogens (tertiary/aromatic N) is 1. The molecule has 1 atom stereocenters. The predicted molar refractivity (Wildman–Crippen MR) is 75.2 cm³/mol. The van der Waals surface area contributed by atoms with Gasteiger partial charge in [0.15, 0.2) is 35.9 Å². The van der Waals surface area contributed by atoms with Gasteiger partial charge in [0.25, 0.3) is 5.91 Å². The lowest BCUT2D eigenvalue weighted by atomic mass is 10.2. The van der Waals surface area contributed by atoms with E-state index in [2.05, 4.69) is 0 Å². The molecule has 1 aromatic heterocycles. The van der Waals surface area contributed by atoms with Crippen molar-refractivity contribution in [2.24, 2.45) is 0 Å². The number of rotatable bonds is 4. The average molecular weight is 340 g/mol. The third kappa shape index (κ3) is 3.80. The Morgan fingerprint density at radius 1 is 1.12 bits per heavy atom. The lowest BCUT2D eigenvalue weighted by Gasteiger charge is -2.14. The van der Waals surface area contributed by atoms with E-state index in [0.29, 0.717) is 10.8 Å². The van der Waals surface area contributed by atoms with Gasteiger partial charge >= 0.3 is 5.97 Å². The van der Waals surface area contributed by atoms with Crippen molar-refractivity contribution in [3.63, 3.8) is 0 Å². The number of esters is 1. The molecular weight excluding hydrogens is 329 g/mol. The SMILES string of the molecule is C[C@H](OC(=O)c1cc[n+]([O-])cc1)C(=O)Nc1ccc(F)c(F)c1F. The molecule has 126 valence electrons. The number of hydrogen-bond acceptors (Lipinski definition) is 4. The Kier molecular flexibility index (Phi) is 5.02. The Labute approximate surface area is 134 Å². The molecule has 1 heterocycles. The number of ether oxygens (including phenoxy) is 1. The number of halogens is 3. The third-order valence-electron chi connectivity index (χ3n) is 2.98. The highest BCUT2D eigenvalue weighted by Crippen LogP contribution is 2.20. The predicted octanol–water partition coefficient (Wildman–Crippen LogP) is 1.92. The van der Waals surface area contributed by atoms with Crippen LogP contribution in [0.25, 0.3) is 0 Å². The molecule has 2 aromatic rings. The highest BCUT2D eigenvalue weighted by atomic mass is 19.2. The van der Waals surface area contributed by atoms with Gasteiger partial charge in [-0.05, 0) is 19.1 Å². The topological polar surface area (TPSA) is 82.3 Å². The van der Waals surface area contributed by atoms with E-state index in [1.807, 2.05) is 5.32 Å². The first-order valence-corrected chi connectivity index (χ1v) is 6.63.